The molecule has 6 heteroatoms. The lowest BCUT2D eigenvalue weighted by molar-refractivity contribution is -0.144. The van der Waals surface area contributed by atoms with Crippen molar-refractivity contribution in [2.45, 2.75) is 0 Å². The molecule has 0 fully saturated rings. The number of nitrogens with zero attached hydrogens (tertiary/aromatic N) is 1. The normalized spacial score (nSPS) is 8.92. The summed E-state index contributed by atoms with van der Waals surface area (Å²) in [5.41, 5.74) is 0. The molecule has 0 spiro atoms. The number of hydrogen-bond acceptors (Lipinski definition) is 4. The number of amides is 1. The van der Waals surface area contributed by atoms with Gasteiger partial charge in [0.2, 0.25) is 0 Å². The topological polar surface area (TPSA) is 55.8 Å². The Bertz CT molecular complexity index is 171. The molecular weight excluding hydrogens is 277 g/mol. The molecule has 0 saturated carbocycles. The van der Waals surface area contributed by atoms with Gasteiger partial charge in [0, 0.05) is 14.1 Å². The first-order chi connectivity index (χ1) is 5.57. The van der Waals surface area contributed by atoms with Gasteiger partial charge in [0.15, 0.2) is 6.61 Å². The summed E-state index contributed by atoms with van der Waals surface area (Å²) in [6, 6.07) is 0. The van der Waals surface area contributed by atoms with E-state index in [1.165, 1.54) is 19.0 Å². The monoisotopic (exact) mass is 287 g/mol. The Morgan fingerprint density at radius 2 is 1.92 bits per heavy atom. The van der Waals surface area contributed by atoms with Gasteiger partial charge in [-0.1, -0.05) is 0 Å². The first kappa shape index (κ1) is 11.5. The van der Waals surface area contributed by atoms with Gasteiger partial charge in [0.05, 0.1) is 0 Å². The van der Waals surface area contributed by atoms with Crippen LogP contribution in [0.3, 0.4) is 0 Å². The average molecular weight is 287 g/mol. The van der Waals surface area contributed by atoms with Crippen LogP contribution >= 0.6 is 22.6 Å². The predicted octanol–water partition coefficient (Wildman–Crippen LogP) is 0.620. The van der Waals surface area contributed by atoms with Crippen LogP contribution in [0.2, 0.25) is 0 Å². The van der Waals surface area contributed by atoms with E-state index in [9.17, 15) is 9.59 Å². The van der Waals surface area contributed by atoms with Crippen LogP contribution in [-0.4, -0.2) is 42.3 Å². The molecule has 0 heterocycles. The number of ether oxygens (including phenoxy) is 2. The molecule has 0 aliphatic carbocycles. The summed E-state index contributed by atoms with van der Waals surface area (Å²) in [6.45, 7) is -0.333. The molecule has 1 amide bonds. The Morgan fingerprint density at radius 1 is 1.33 bits per heavy atom. The number of esters is 1. The molecule has 12 heavy (non-hydrogen) atoms. The third-order valence-electron chi connectivity index (χ3n) is 0.894. The minimum absolute atomic E-state index is 0.260. The number of halogens is 1. The number of carbonyl (C=O) groups excluding carboxylic acids is 2. The average Bonchev–Trinajstić information content (AvgIpc) is 2.00. The second-order valence-electron chi connectivity index (χ2n) is 2.07. The Morgan fingerprint density at radius 3 is 2.33 bits per heavy atom. The van der Waals surface area contributed by atoms with E-state index in [0.717, 1.165) is 0 Å². The maximum absolute atomic E-state index is 10.7. The Kier molecular flexibility index (Phi) is 5.77. The zero-order valence-corrected chi connectivity index (χ0v) is 9.03. The van der Waals surface area contributed by atoms with Crippen LogP contribution in [0.15, 0.2) is 0 Å². The summed E-state index contributed by atoms with van der Waals surface area (Å²) in [4.78, 5) is 22.6. The van der Waals surface area contributed by atoms with Gasteiger partial charge in [-0.3, -0.25) is 0 Å². The van der Waals surface area contributed by atoms with Gasteiger partial charge in [0.25, 0.3) is 0 Å². The van der Waals surface area contributed by atoms with Crippen LogP contribution in [0.25, 0.3) is 0 Å². The van der Waals surface area contributed by atoms with Crippen molar-refractivity contribution >= 4 is 34.7 Å². The summed E-state index contributed by atoms with van der Waals surface area (Å²) >= 11 is 1.88. The molecule has 0 aliphatic rings. The van der Waals surface area contributed by atoms with Crippen LogP contribution in [0, 0.1) is 0 Å². The molecule has 70 valence electrons. The van der Waals surface area contributed by atoms with Crippen molar-refractivity contribution in [1.29, 1.82) is 0 Å². The summed E-state index contributed by atoms with van der Waals surface area (Å²) in [5.74, 6) is -0.542. The largest absolute Gasteiger partial charge is 0.452 e. The van der Waals surface area contributed by atoms with Gasteiger partial charge in [0.1, 0.15) is 4.61 Å². The van der Waals surface area contributed by atoms with Crippen molar-refractivity contribution < 1.29 is 19.1 Å². The quantitative estimate of drug-likeness (QED) is 0.434. The molecule has 0 unspecified atom stereocenters. The van der Waals surface area contributed by atoms with Gasteiger partial charge >= 0.3 is 12.1 Å². The zero-order valence-electron chi connectivity index (χ0n) is 6.87. The second-order valence-corrected chi connectivity index (χ2v) is 2.70. The van der Waals surface area contributed by atoms with E-state index < -0.39 is 12.1 Å². The Balaban J connectivity index is 3.54. The Hall–Kier alpha value is -0.530. The molecular formula is C6H10INO4. The van der Waals surface area contributed by atoms with Crippen molar-refractivity contribution in [3.63, 3.8) is 0 Å². The highest BCUT2D eigenvalue weighted by Gasteiger charge is 2.08. The van der Waals surface area contributed by atoms with E-state index in [-0.39, 0.29) is 11.2 Å². The summed E-state index contributed by atoms with van der Waals surface area (Å²) < 4.78 is 9.31. The minimum Gasteiger partial charge on any atom is -0.452 e. The third kappa shape index (κ3) is 5.16. The fourth-order valence-corrected chi connectivity index (χ4v) is 0.700. The molecule has 0 radical (unpaired) electrons. The lowest BCUT2D eigenvalue weighted by atomic mass is 10.7. The number of alkyl halides is 1. The van der Waals surface area contributed by atoms with Gasteiger partial charge < -0.3 is 14.4 Å². The first-order valence-electron chi connectivity index (χ1n) is 3.13. The fourth-order valence-electron chi connectivity index (χ4n) is 0.352. The van der Waals surface area contributed by atoms with Crippen LogP contribution in [-0.2, 0) is 14.3 Å². The summed E-state index contributed by atoms with van der Waals surface area (Å²) in [5, 5.41) is 0. The van der Waals surface area contributed by atoms with E-state index in [4.69, 9.17) is 0 Å². The number of hydrogen-bond donors (Lipinski definition) is 0. The maximum Gasteiger partial charge on any atom is 0.409 e. The van der Waals surface area contributed by atoms with Crippen molar-refractivity contribution in [2.24, 2.45) is 0 Å². The smallest absolute Gasteiger partial charge is 0.409 e. The molecule has 0 N–H and O–H groups in total. The predicted molar refractivity (Wildman–Crippen MR) is 50.0 cm³/mol. The molecule has 0 rings (SSSR count). The molecule has 0 aromatic rings. The van der Waals surface area contributed by atoms with Gasteiger partial charge in [-0.05, 0) is 22.6 Å². The first-order valence-corrected chi connectivity index (χ1v) is 4.66. The van der Waals surface area contributed by atoms with Gasteiger partial charge in [-0.15, -0.1) is 0 Å². The van der Waals surface area contributed by atoms with Crippen molar-refractivity contribution in [1.82, 2.24) is 4.90 Å². The SMILES string of the molecule is CN(C)C(=O)OCC(=O)OCI. The number of rotatable bonds is 3. The maximum atomic E-state index is 10.7. The van der Waals surface area contributed by atoms with Crippen LogP contribution in [0.5, 0.6) is 0 Å². The van der Waals surface area contributed by atoms with Crippen LogP contribution in [0.4, 0.5) is 4.79 Å². The highest BCUT2D eigenvalue weighted by atomic mass is 127. The van der Waals surface area contributed by atoms with Crippen molar-refractivity contribution in [2.75, 3.05) is 25.3 Å². The molecule has 0 aliphatic heterocycles. The highest BCUT2D eigenvalue weighted by molar-refractivity contribution is 14.1. The third-order valence-corrected chi connectivity index (χ3v) is 1.21. The molecule has 0 saturated heterocycles. The van der Waals surface area contributed by atoms with E-state index in [0.29, 0.717) is 0 Å². The van der Waals surface area contributed by atoms with Crippen LogP contribution in [0.1, 0.15) is 0 Å². The zero-order chi connectivity index (χ0) is 9.56. The summed E-state index contributed by atoms with van der Waals surface area (Å²) in [7, 11) is 3.07. The van der Waals surface area contributed by atoms with Crippen LogP contribution < -0.4 is 0 Å². The lowest BCUT2D eigenvalue weighted by Gasteiger charge is -2.09. The molecule has 0 bridgehead atoms. The van der Waals surface area contributed by atoms with E-state index >= 15 is 0 Å². The minimum atomic E-state index is -0.555. The van der Waals surface area contributed by atoms with Gasteiger partial charge in [-0.25, -0.2) is 9.59 Å². The molecule has 0 atom stereocenters. The van der Waals surface area contributed by atoms with E-state index in [1.54, 1.807) is 0 Å². The van der Waals surface area contributed by atoms with E-state index in [2.05, 4.69) is 9.47 Å². The highest BCUT2D eigenvalue weighted by Crippen LogP contribution is 1.89. The summed E-state index contributed by atoms with van der Waals surface area (Å²) in [6.07, 6.45) is -0.555. The standard InChI is InChI=1S/C6H10INO4/c1-8(2)6(10)11-3-5(9)12-4-7/h3-4H2,1-2H3. The fraction of sp³-hybridized carbons (Fsp3) is 0.667. The molecule has 5 nitrogen and oxygen atoms in total. The van der Waals surface area contributed by atoms with Crippen molar-refractivity contribution in [3.05, 3.63) is 0 Å². The lowest BCUT2D eigenvalue weighted by Crippen LogP contribution is -2.25. The Labute approximate surface area is 84.1 Å². The number of carbonyl (C=O) groups is 2. The second kappa shape index (κ2) is 6.04. The van der Waals surface area contributed by atoms with Gasteiger partial charge in [-0.2, -0.15) is 0 Å². The molecule has 0 aromatic carbocycles. The van der Waals surface area contributed by atoms with E-state index in [1.807, 2.05) is 22.6 Å². The van der Waals surface area contributed by atoms with Crippen molar-refractivity contribution in [3.8, 4) is 0 Å². The molecule has 0 aromatic heterocycles.